The van der Waals surface area contributed by atoms with Crippen LogP contribution in [-0.2, 0) is 11.2 Å². The first-order valence-electron chi connectivity index (χ1n) is 6.43. The Balaban J connectivity index is 2.29. The second-order valence-corrected chi connectivity index (χ2v) is 6.06. The van der Waals surface area contributed by atoms with Gasteiger partial charge in [0, 0.05) is 5.39 Å². The molecule has 0 aliphatic carbocycles. The number of aliphatic carboxylic acids is 1. The Kier molecular flexibility index (Phi) is 4.04. The van der Waals surface area contributed by atoms with Crippen LogP contribution in [0.25, 0.3) is 22.2 Å². The number of hydrogen-bond donors (Lipinski definition) is 2. The normalized spacial score (nSPS) is 11.0. The molecular weight excluding hydrogens is 345 g/mol. The highest BCUT2D eigenvalue weighted by Crippen LogP contribution is 2.36. The molecule has 22 heavy (non-hydrogen) atoms. The fraction of sp³-hybridized carbons (Fsp3) is 0.0625. The first-order chi connectivity index (χ1) is 10.5. The molecule has 0 aliphatic heterocycles. The molecule has 0 spiro atoms. The van der Waals surface area contributed by atoms with E-state index in [0.29, 0.717) is 31.8 Å². The summed E-state index contributed by atoms with van der Waals surface area (Å²) >= 11 is 18.2. The summed E-state index contributed by atoms with van der Waals surface area (Å²) in [6.45, 7) is 0. The molecule has 2 aromatic carbocycles. The molecule has 0 aliphatic rings. The number of aromatic nitrogens is 1. The lowest BCUT2D eigenvalue weighted by atomic mass is 10.0. The molecule has 0 atom stereocenters. The van der Waals surface area contributed by atoms with E-state index in [1.165, 1.54) is 0 Å². The summed E-state index contributed by atoms with van der Waals surface area (Å²) in [5.74, 6) is -0.915. The minimum Gasteiger partial charge on any atom is -0.481 e. The number of nitrogens with one attached hydrogen (secondary N) is 1. The van der Waals surface area contributed by atoms with E-state index in [0.717, 1.165) is 10.9 Å². The Morgan fingerprint density at radius 2 is 1.82 bits per heavy atom. The van der Waals surface area contributed by atoms with E-state index in [2.05, 4.69) is 4.98 Å². The predicted molar refractivity (Wildman–Crippen MR) is 90.1 cm³/mol. The summed E-state index contributed by atoms with van der Waals surface area (Å²) < 4.78 is 0. The summed E-state index contributed by atoms with van der Waals surface area (Å²) in [7, 11) is 0. The van der Waals surface area contributed by atoms with Crippen molar-refractivity contribution < 1.29 is 9.90 Å². The first-order valence-corrected chi connectivity index (χ1v) is 7.57. The summed E-state index contributed by atoms with van der Waals surface area (Å²) in [5.41, 5.74) is 2.83. The van der Waals surface area contributed by atoms with Gasteiger partial charge in [-0.1, -0.05) is 53.0 Å². The number of halogens is 3. The molecule has 0 fully saturated rings. The molecule has 0 radical (unpaired) electrons. The highest BCUT2D eigenvalue weighted by atomic mass is 35.5. The fourth-order valence-corrected chi connectivity index (χ4v) is 2.99. The molecule has 3 nitrogen and oxygen atoms in total. The smallest absolute Gasteiger partial charge is 0.307 e. The molecule has 1 heterocycles. The number of hydrogen-bond acceptors (Lipinski definition) is 1. The molecule has 0 saturated heterocycles. The van der Waals surface area contributed by atoms with Gasteiger partial charge in [0.25, 0.3) is 0 Å². The van der Waals surface area contributed by atoms with E-state index >= 15 is 0 Å². The molecule has 2 N–H and O–H groups in total. The lowest BCUT2D eigenvalue weighted by Crippen LogP contribution is -2.00. The molecule has 3 rings (SSSR count). The number of H-pyrrole nitrogens is 1. The number of para-hydroxylation sites is 1. The molecule has 0 unspecified atom stereocenters. The average Bonchev–Trinajstić information content (AvgIpc) is 2.82. The van der Waals surface area contributed by atoms with Crippen molar-refractivity contribution in [1.29, 1.82) is 0 Å². The number of carboxylic acids is 1. The Labute approximate surface area is 141 Å². The van der Waals surface area contributed by atoms with Crippen LogP contribution in [0.1, 0.15) is 5.56 Å². The van der Waals surface area contributed by atoms with Gasteiger partial charge in [0.05, 0.1) is 32.7 Å². The monoisotopic (exact) mass is 353 g/mol. The van der Waals surface area contributed by atoms with Crippen LogP contribution in [0, 0.1) is 0 Å². The first kappa shape index (κ1) is 15.2. The summed E-state index contributed by atoms with van der Waals surface area (Å²) in [5, 5.41) is 11.4. The summed E-state index contributed by atoms with van der Waals surface area (Å²) in [4.78, 5) is 14.4. The maximum Gasteiger partial charge on any atom is 0.307 e. The van der Waals surface area contributed by atoms with Crippen LogP contribution in [0.15, 0.2) is 36.4 Å². The van der Waals surface area contributed by atoms with Crippen molar-refractivity contribution in [2.24, 2.45) is 0 Å². The van der Waals surface area contributed by atoms with Crippen LogP contribution in [0.4, 0.5) is 0 Å². The van der Waals surface area contributed by atoms with Crippen molar-refractivity contribution >= 4 is 51.7 Å². The molecule has 0 amide bonds. The topological polar surface area (TPSA) is 53.1 Å². The second-order valence-electron chi connectivity index (χ2n) is 4.84. The minimum absolute atomic E-state index is 0.115. The summed E-state index contributed by atoms with van der Waals surface area (Å²) in [6, 6.07) is 10.6. The van der Waals surface area contributed by atoms with Gasteiger partial charge < -0.3 is 10.1 Å². The van der Waals surface area contributed by atoms with Gasteiger partial charge in [0.15, 0.2) is 0 Å². The third-order valence-electron chi connectivity index (χ3n) is 3.43. The molecule has 3 aromatic rings. The lowest BCUT2D eigenvalue weighted by molar-refractivity contribution is -0.136. The van der Waals surface area contributed by atoms with E-state index in [-0.39, 0.29) is 6.42 Å². The third-order valence-corrected chi connectivity index (χ3v) is 4.48. The maximum absolute atomic E-state index is 11.2. The Hall–Kier alpha value is -1.68. The Morgan fingerprint density at radius 3 is 2.50 bits per heavy atom. The van der Waals surface area contributed by atoms with Crippen molar-refractivity contribution in [2.75, 3.05) is 0 Å². The zero-order chi connectivity index (χ0) is 15.9. The summed E-state index contributed by atoms with van der Waals surface area (Å²) in [6.07, 6.45) is -0.115. The minimum atomic E-state index is -0.915. The van der Waals surface area contributed by atoms with Gasteiger partial charge in [0.1, 0.15) is 0 Å². The number of carbonyl (C=O) groups is 1. The Bertz CT molecular complexity index is 886. The molecule has 0 saturated carbocycles. The largest absolute Gasteiger partial charge is 0.481 e. The van der Waals surface area contributed by atoms with Crippen LogP contribution < -0.4 is 0 Å². The van der Waals surface area contributed by atoms with Crippen LogP contribution >= 0.6 is 34.8 Å². The molecule has 1 aromatic heterocycles. The number of fused-ring (bicyclic) bond motifs is 1. The van der Waals surface area contributed by atoms with Crippen molar-refractivity contribution in [3.05, 3.63) is 57.0 Å². The van der Waals surface area contributed by atoms with Crippen molar-refractivity contribution in [3.8, 4) is 11.3 Å². The zero-order valence-corrected chi connectivity index (χ0v) is 13.4. The maximum atomic E-state index is 11.2. The van der Waals surface area contributed by atoms with E-state index in [1.54, 1.807) is 30.3 Å². The molecular formula is C16H10Cl3NO2. The van der Waals surface area contributed by atoms with Crippen molar-refractivity contribution in [3.63, 3.8) is 0 Å². The van der Waals surface area contributed by atoms with E-state index < -0.39 is 5.97 Å². The van der Waals surface area contributed by atoms with Crippen LogP contribution in [0.2, 0.25) is 15.1 Å². The molecule has 0 bridgehead atoms. The Morgan fingerprint density at radius 1 is 1.05 bits per heavy atom. The fourth-order valence-electron chi connectivity index (χ4n) is 2.47. The highest BCUT2D eigenvalue weighted by molar-refractivity contribution is 6.42. The quantitative estimate of drug-likeness (QED) is 0.659. The van der Waals surface area contributed by atoms with Gasteiger partial charge in [-0.15, -0.1) is 0 Å². The van der Waals surface area contributed by atoms with Gasteiger partial charge in [0.2, 0.25) is 0 Å². The van der Waals surface area contributed by atoms with E-state index in [4.69, 9.17) is 34.8 Å². The van der Waals surface area contributed by atoms with E-state index in [9.17, 15) is 9.90 Å². The predicted octanol–water partition coefficient (Wildman–Crippen LogP) is 5.42. The average molecular weight is 355 g/mol. The van der Waals surface area contributed by atoms with Gasteiger partial charge in [-0.2, -0.15) is 0 Å². The van der Waals surface area contributed by atoms with E-state index in [1.807, 2.05) is 6.07 Å². The van der Waals surface area contributed by atoms with Gasteiger partial charge in [-0.05, 0) is 29.3 Å². The second kappa shape index (κ2) is 5.84. The number of carboxylic acid groups (broad SMARTS) is 1. The van der Waals surface area contributed by atoms with Crippen molar-refractivity contribution in [1.82, 2.24) is 4.98 Å². The zero-order valence-electron chi connectivity index (χ0n) is 11.2. The SMILES string of the molecule is O=C(O)Cc1c(-c2ccc(Cl)c(Cl)c2)[nH]c2c(Cl)cccc12. The van der Waals surface area contributed by atoms with Crippen LogP contribution in [-0.4, -0.2) is 16.1 Å². The van der Waals surface area contributed by atoms with Crippen molar-refractivity contribution in [2.45, 2.75) is 6.42 Å². The molecule has 112 valence electrons. The number of benzene rings is 2. The van der Waals surface area contributed by atoms with Gasteiger partial charge in [-0.3, -0.25) is 4.79 Å². The van der Waals surface area contributed by atoms with Crippen LogP contribution in [0.3, 0.4) is 0 Å². The van der Waals surface area contributed by atoms with Crippen LogP contribution in [0.5, 0.6) is 0 Å². The van der Waals surface area contributed by atoms with Gasteiger partial charge >= 0.3 is 5.97 Å². The molecule has 6 heteroatoms. The third kappa shape index (κ3) is 2.68. The number of rotatable bonds is 3. The highest BCUT2D eigenvalue weighted by Gasteiger charge is 2.17. The number of aromatic amines is 1. The van der Waals surface area contributed by atoms with Gasteiger partial charge in [-0.25, -0.2) is 0 Å². The lowest BCUT2D eigenvalue weighted by Gasteiger charge is -2.04. The standard InChI is InChI=1S/C16H10Cl3NO2/c17-11-5-4-8(6-13(11)19)15-10(7-14(21)22)9-2-1-3-12(18)16(9)20-15/h1-6,20H,7H2,(H,21,22).